The summed E-state index contributed by atoms with van der Waals surface area (Å²) in [6.07, 6.45) is 2.13. The lowest BCUT2D eigenvalue weighted by Gasteiger charge is -2.15. The highest BCUT2D eigenvalue weighted by atomic mass is 35.5. The van der Waals surface area contributed by atoms with Gasteiger partial charge in [0.2, 0.25) is 0 Å². The molecule has 0 aliphatic rings. The topological polar surface area (TPSA) is 0 Å². The molecule has 0 aromatic heterocycles. The zero-order valence-corrected chi connectivity index (χ0v) is 9.41. The van der Waals surface area contributed by atoms with Crippen molar-refractivity contribution >= 4 is 23.2 Å². The van der Waals surface area contributed by atoms with E-state index in [1.54, 1.807) is 6.07 Å². The first-order valence-electron chi connectivity index (χ1n) is 4.56. The molecular formula is C11H13Cl2. The Labute approximate surface area is 89.9 Å². The predicted molar refractivity (Wildman–Crippen MR) is 58.6 cm³/mol. The molecule has 0 amide bonds. The van der Waals surface area contributed by atoms with Crippen LogP contribution in [-0.4, -0.2) is 0 Å². The van der Waals surface area contributed by atoms with E-state index in [0.29, 0.717) is 10.9 Å². The summed E-state index contributed by atoms with van der Waals surface area (Å²) in [6, 6.07) is 6.58. The van der Waals surface area contributed by atoms with Crippen LogP contribution in [0.4, 0.5) is 0 Å². The molecule has 0 spiro atoms. The molecule has 0 unspecified atom stereocenters. The second-order valence-electron chi connectivity index (χ2n) is 3.07. The molecule has 1 rings (SSSR count). The van der Waals surface area contributed by atoms with Gasteiger partial charge in [-0.1, -0.05) is 43.1 Å². The minimum atomic E-state index is 0.456. The second kappa shape index (κ2) is 4.88. The van der Waals surface area contributed by atoms with Crippen LogP contribution in [0, 0.1) is 6.07 Å². The van der Waals surface area contributed by atoms with Gasteiger partial charge in [0.1, 0.15) is 0 Å². The summed E-state index contributed by atoms with van der Waals surface area (Å²) in [6.45, 7) is 4.29. The number of benzene rings is 1. The van der Waals surface area contributed by atoms with Crippen LogP contribution in [0.5, 0.6) is 0 Å². The van der Waals surface area contributed by atoms with Crippen molar-refractivity contribution in [1.82, 2.24) is 0 Å². The van der Waals surface area contributed by atoms with Gasteiger partial charge >= 0.3 is 0 Å². The van der Waals surface area contributed by atoms with Gasteiger partial charge in [-0.2, -0.15) is 0 Å². The Bertz CT molecular complexity index is 257. The van der Waals surface area contributed by atoms with Crippen molar-refractivity contribution in [3.05, 3.63) is 33.8 Å². The summed E-state index contributed by atoms with van der Waals surface area (Å²) in [5.41, 5.74) is 1.05. The number of halogens is 2. The standard InChI is InChI=1S/C11H13Cl2/c1-3-8(4-2)11-9(12)6-5-7-10(11)13/h5-6,8H,3-4H2,1-2H3. The average Bonchev–Trinajstić information content (AvgIpc) is 2.11. The average molecular weight is 216 g/mol. The van der Waals surface area contributed by atoms with E-state index in [1.165, 1.54) is 0 Å². The SMILES string of the molecule is CCC(CC)c1c(Cl)[c]ccc1Cl. The fourth-order valence-electron chi connectivity index (χ4n) is 1.53. The van der Waals surface area contributed by atoms with E-state index in [1.807, 2.05) is 6.07 Å². The van der Waals surface area contributed by atoms with Gasteiger partial charge in [0, 0.05) is 11.1 Å². The molecule has 1 radical (unpaired) electrons. The van der Waals surface area contributed by atoms with Gasteiger partial charge in [-0.3, -0.25) is 0 Å². The quantitative estimate of drug-likeness (QED) is 0.687. The lowest BCUT2D eigenvalue weighted by Crippen LogP contribution is -1.97. The first-order chi connectivity index (χ1) is 6.20. The van der Waals surface area contributed by atoms with Crippen molar-refractivity contribution in [2.45, 2.75) is 32.6 Å². The van der Waals surface area contributed by atoms with Crippen LogP contribution in [0.15, 0.2) is 12.1 Å². The molecule has 0 fully saturated rings. The third kappa shape index (κ3) is 2.38. The Kier molecular flexibility index (Phi) is 4.08. The fraction of sp³-hybridized carbons (Fsp3) is 0.455. The van der Waals surface area contributed by atoms with Gasteiger partial charge in [0.25, 0.3) is 0 Å². The minimum absolute atomic E-state index is 0.456. The van der Waals surface area contributed by atoms with E-state index in [9.17, 15) is 0 Å². The van der Waals surface area contributed by atoms with Crippen molar-refractivity contribution in [3.8, 4) is 0 Å². The lowest BCUT2D eigenvalue weighted by molar-refractivity contribution is 0.642. The highest BCUT2D eigenvalue weighted by Crippen LogP contribution is 2.34. The maximum Gasteiger partial charge on any atom is 0.0534 e. The summed E-state index contributed by atoms with van der Waals surface area (Å²) in [4.78, 5) is 0. The molecule has 0 saturated heterocycles. The van der Waals surface area contributed by atoms with Crippen LogP contribution in [0.3, 0.4) is 0 Å². The summed E-state index contributed by atoms with van der Waals surface area (Å²) in [5, 5.41) is 1.43. The van der Waals surface area contributed by atoms with Gasteiger partial charge in [0.05, 0.1) is 5.02 Å². The molecule has 0 nitrogen and oxygen atoms in total. The van der Waals surface area contributed by atoms with Gasteiger partial charge in [0.15, 0.2) is 0 Å². The Balaban J connectivity index is 3.10. The van der Waals surface area contributed by atoms with E-state index in [0.717, 1.165) is 23.4 Å². The zero-order chi connectivity index (χ0) is 9.84. The first-order valence-corrected chi connectivity index (χ1v) is 5.31. The molecule has 0 atom stereocenters. The maximum atomic E-state index is 6.08. The molecule has 0 aliphatic carbocycles. The maximum absolute atomic E-state index is 6.08. The molecule has 0 aliphatic heterocycles. The highest BCUT2D eigenvalue weighted by Gasteiger charge is 2.14. The summed E-state index contributed by atoms with van der Waals surface area (Å²) < 4.78 is 0. The summed E-state index contributed by atoms with van der Waals surface area (Å²) in [5.74, 6) is 0.456. The Morgan fingerprint density at radius 1 is 1.31 bits per heavy atom. The molecule has 0 heterocycles. The fourth-order valence-corrected chi connectivity index (χ4v) is 2.21. The molecule has 0 saturated carbocycles. The van der Waals surface area contributed by atoms with Crippen LogP contribution in [0.1, 0.15) is 38.2 Å². The van der Waals surface area contributed by atoms with Gasteiger partial charge in [-0.15, -0.1) is 0 Å². The van der Waals surface area contributed by atoms with E-state index in [-0.39, 0.29) is 0 Å². The van der Waals surface area contributed by atoms with E-state index >= 15 is 0 Å². The van der Waals surface area contributed by atoms with Crippen LogP contribution < -0.4 is 0 Å². The zero-order valence-electron chi connectivity index (χ0n) is 7.90. The van der Waals surface area contributed by atoms with Crippen molar-refractivity contribution in [2.75, 3.05) is 0 Å². The second-order valence-corrected chi connectivity index (χ2v) is 3.85. The molecule has 71 valence electrons. The van der Waals surface area contributed by atoms with E-state index in [2.05, 4.69) is 19.9 Å². The van der Waals surface area contributed by atoms with E-state index in [4.69, 9.17) is 23.2 Å². The number of hydrogen-bond donors (Lipinski definition) is 0. The predicted octanol–water partition coefficient (Wildman–Crippen LogP) is 4.70. The molecule has 2 heteroatoms. The smallest absolute Gasteiger partial charge is 0.0534 e. The highest BCUT2D eigenvalue weighted by molar-refractivity contribution is 6.36. The van der Waals surface area contributed by atoms with Crippen molar-refractivity contribution < 1.29 is 0 Å². The molecule has 1 aromatic carbocycles. The van der Waals surface area contributed by atoms with Crippen LogP contribution in [-0.2, 0) is 0 Å². The Morgan fingerprint density at radius 2 is 1.92 bits per heavy atom. The van der Waals surface area contributed by atoms with Crippen LogP contribution in [0.2, 0.25) is 10.0 Å². The lowest BCUT2D eigenvalue weighted by atomic mass is 9.94. The normalized spacial score (nSPS) is 10.8. The summed E-state index contributed by atoms with van der Waals surface area (Å²) in [7, 11) is 0. The van der Waals surface area contributed by atoms with Crippen molar-refractivity contribution in [2.24, 2.45) is 0 Å². The van der Waals surface area contributed by atoms with Crippen molar-refractivity contribution in [1.29, 1.82) is 0 Å². The molecule has 1 aromatic rings. The molecule has 0 bridgehead atoms. The van der Waals surface area contributed by atoms with Crippen molar-refractivity contribution in [3.63, 3.8) is 0 Å². The van der Waals surface area contributed by atoms with Crippen LogP contribution >= 0.6 is 23.2 Å². The number of hydrogen-bond acceptors (Lipinski definition) is 0. The summed E-state index contributed by atoms with van der Waals surface area (Å²) >= 11 is 12.1. The Hall–Kier alpha value is -0.200. The number of rotatable bonds is 3. The molecule has 13 heavy (non-hydrogen) atoms. The first kappa shape index (κ1) is 10.9. The third-order valence-electron chi connectivity index (χ3n) is 2.33. The minimum Gasteiger partial charge on any atom is -0.0840 e. The monoisotopic (exact) mass is 215 g/mol. The Morgan fingerprint density at radius 3 is 2.38 bits per heavy atom. The van der Waals surface area contributed by atoms with E-state index < -0.39 is 0 Å². The largest absolute Gasteiger partial charge is 0.0840 e. The third-order valence-corrected chi connectivity index (χ3v) is 2.97. The molecule has 0 N–H and O–H groups in total. The molecular weight excluding hydrogens is 203 g/mol. The van der Waals surface area contributed by atoms with Crippen LogP contribution in [0.25, 0.3) is 0 Å². The van der Waals surface area contributed by atoms with Gasteiger partial charge < -0.3 is 0 Å². The van der Waals surface area contributed by atoms with Gasteiger partial charge in [-0.25, -0.2) is 0 Å². The van der Waals surface area contributed by atoms with Gasteiger partial charge in [-0.05, 0) is 30.4 Å².